The van der Waals surface area contributed by atoms with Crippen molar-refractivity contribution in [1.82, 2.24) is 5.06 Å². The van der Waals surface area contributed by atoms with Gasteiger partial charge in [0.1, 0.15) is 0 Å². The molecule has 0 aromatic heterocycles. The molecule has 0 saturated carbocycles. The van der Waals surface area contributed by atoms with E-state index in [4.69, 9.17) is 10.2 Å². The van der Waals surface area contributed by atoms with Gasteiger partial charge in [0.05, 0.1) is 5.54 Å². The van der Waals surface area contributed by atoms with E-state index in [0.29, 0.717) is 24.3 Å². The number of hydrogen-bond donors (Lipinski definition) is 1. The summed E-state index contributed by atoms with van der Waals surface area (Å²) < 4.78 is 0. The van der Waals surface area contributed by atoms with Gasteiger partial charge in [-0.25, -0.2) is 4.79 Å². The van der Waals surface area contributed by atoms with Crippen LogP contribution in [0.3, 0.4) is 0 Å². The highest BCUT2D eigenvalue weighted by Crippen LogP contribution is 2.41. The van der Waals surface area contributed by atoms with Gasteiger partial charge in [-0.3, -0.25) is 0 Å². The molecule has 0 unspecified atom stereocenters. The Bertz CT molecular complexity index is 370. The van der Waals surface area contributed by atoms with E-state index in [1.54, 1.807) is 12.0 Å². The molecule has 17 heavy (non-hydrogen) atoms. The zero-order valence-corrected chi connectivity index (χ0v) is 11.4. The van der Waals surface area contributed by atoms with Crippen molar-refractivity contribution in [3.05, 3.63) is 12.2 Å². The Morgan fingerprint density at radius 2 is 1.94 bits per heavy atom. The van der Waals surface area contributed by atoms with Crippen LogP contribution < -0.4 is 0 Å². The van der Waals surface area contributed by atoms with Crippen molar-refractivity contribution in [2.45, 2.75) is 46.6 Å². The molecule has 1 aliphatic rings. The molecule has 1 aliphatic heterocycles. The van der Waals surface area contributed by atoms with Crippen LogP contribution in [0.15, 0.2) is 12.2 Å². The second kappa shape index (κ2) is 4.26. The van der Waals surface area contributed by atoms with E-state index in [9.17, 15) is 4.79 Å². The number of hydrogen-bond acceptors (Lipinski definition) is 4. The zero-order chi connectivity index (χ0) is 13.4. The van der Waals surface area contributed by atoms with Crippen molar-refractivity contribution < 1.29 is 9.63 Å². The summed E-state index contributed by atoms with van der Waals surface area (Å²) >= 11 is 0. The summed E-state index contributed by atoms with van der Waals surface area (Å²) in [6.07, 6.45) is 0.625. The number of nitrogens with one attached hydrogen (secondary N) is 1. The summed E-state index contributed by atoms with van der Waals surface area (Å²) in [5.74, 6) is -0.401. The largest absolute Gasteiger partial charge is 0.364 e. The highest BCUT2D eigenvalue weighted by Gasteiger charge is 2.49. The van der Waals surface area contributed by atoms with Crippen LogP contribution in [0.25, 0.3) is 0 Å². The van der Waals surface area contributed by atoms with Gasteiger partial charge >= 0.3 is 5.97 Å². The van der Waals surface area contributed by atoms with Crippen molar-refractivity contribution in [2.24, 2.45) is 5.41 Å². The normalized spacial score (nSPS) is 23.2. The molecule has 0 bridgehead atoms. The monoisotopic (exact) mass is 238 g/mol. The fourth-order valence-corrected chi connectivity index (χ4v) is 1.82. The van der Waals surface area contributed by atoms with Crippen molar-refractivity contribution in [3.8, 4) is 0 Å². The average Bonchev–Trinajstić information content (AvgIpc) is 2.20. The summed E-state index contributed by atoms with van der Waals surface area (Å²) in [7, 11) is 0. The quantitative estimate of drug-likeness (QED) is 0.752. The maximum absolute atomic E-state index is 11.6. The second-order valence-corrected chi connectivity index (χ2v) is 5.67. The van der Waals surface area contributed by atoms with Crippen LogP contribution in [0.4, 0.5) is 0 Å². The van der Waals surface area contributed by atoms with Crippen molar-refractivity contribution in [3.63, 3.8) is 0 Å². The van der Waals surface area contributed by atoms with Crippen LogP contribution >= 0.6 is 0 Å². The summed E-state index contributed by atoms with van der Waals surface area (Å²) in [6.45, 7) is 13.8. The van der Waals surface area contributed by atoms with Crippen LogP contribution in [0.1, 0.15) is 41.0 Å². The van der Waals surface area contributed by atoms with E-state index >= 15 is 0 Å². The van der Waals surface area contributed by atoms with Crippen LogP contribution in [-0.2, 0) is 9.63 Å². The van der Waals surface area contributed by atoms with Gasteiger partial charge in [0, 0.05) is 29.7 Å². The topological polar surface area (TPSA) is 53.4 Å². The highest BCUT2D eigenvalue weighted by molar-refractivity contribution is 5.89. The molecule has 96 valence electrons. The Hall–Kier alpha value is -1.16. The summed E-state index contributed by atoms with van der Waals surface area (Å²) in [5, 5.41) is 9.70. The van der Waals surface area contributed by atoms with Gasteiger partial charge in [-0.15, -0.1) is 5.06 Å². The van der Waals surface area contributed by atoms with Gasteiger partial charge < -0.3 is 10.2 Å². The Balaban J connectivity index is 2.92. The third-order valence-corrected chi connectivity index (χ3v) is 4.01. The molecule has 0 amide bonds. The van der Waals surface area contributed by atoms with Gasteiger partial charge in [0.25, 0.3) is 0 Å². The molecule has 0 aromatic carbocycles. The number of piperidine rings is 1. The minimum Gasteiger partial charge on any atom is -0.364 e. The standard InChI is InChI=1S/C13H22N2O2/c1-9(2)11(16)17-15-8-7-10(14)12(3,4)13(15,5)6/h14H,1,7-8H2,2-6H3. The van der Waals surface area contributed by atoms with Crippen molar-refractivity contribution in [1.29, 1.82) is 5.41 Å². The predicted molar refractivity (Wildman–Crippen MR) is 67.8 cm³/mol. The molecule has 4 nitrogen and oxygen atoms in total. The van der Waals surface area contributed by atoms with Crippen molar-refractivity contribution >= 4 is 11.7 Å². The van der Waals surface area contributed by atoms with Gasteiger partial charge in [0.2, 0.25) is 0 Å². The second-order valence-electron chi connectivity index (χ2n) is 5.67. The maximum Gasteiger partial charge on any atom is 0.352 e. The molecule has 1 N–H and O–H groups in total. The van der Waals surface area contributed by atoms with E-state index in [1.807, 2.05) is 27.7 Å². The van der Waals surface area contributed by atoms with Gasteiger partial charge in [-0.05, 0) is 20.8 Å². The molecule has 0 atom stereocenters. The SMILES string of the molecule is C=C(C)C(=O)ON1CCC(=N)C(C)(C)C1(C)C. The van der Waals surface area contributed by atoms with Crippen LogP contribution in [-0.4, -0.2) is 28.8 Å². The number of carbonyl (C=O) groups excluding carboxylic acids is 1. The third-order valence-electron chi connectivity index (χ3n) is 4.01. The first-order chi connectivity index (χ1) is 7.60. The molecule has 0 radical (unpaired) electrons. The lowest BCUT2D eigenvalue weighted by atomic mass is 9.67. The minimum atomic E-state index is -0.401. The summed E-state index contributed by atoms with van der Waals surface area (Å²) in [4.78, 5) is 16.9. The molecule has 0 spiro atoms. The number of hydroxylamine groups is 2. The summed E-state index contributed by atoms with van der Waals surface area (Å²) in [5.41, 5.74) is 0.373. The molecule has 1 rings (SSSR count). The highest BCUT2D eigenvalue weighted by atomic mass is 16.7. The number of nitrogens with zero attached hydrogens (tertiary/aromatic N) is 1. The molecule has 1 heterocycles. The maximum atomic E-state index is 11.6. The molecular weight excluding hydrogens is 216 g/mol. The van der Waals surface area contributed by atoms with Gasteiger partial charge in [-0.2, -0.15) is 0 Å². The average molecular weight is 238 g/mol. The smallest absolute Gasteiger partial charge is 0.352 e. The van der Waals surface area contributed by atoms with E-state index in [0.717, 1.165) is 0 Å². The fourth-order valence-electron chi connectivity index (χ4n) is 1.82. The first-order valence-corrected chi connectivity index (χ1v) is 5.84. The Morgan fingerprint density at radius 1 is 1.41 bits per heavy atom. The zero-order valence-electron chi connectivity index (χ0n) is 11.4. The lowest BCUT2D eigenvalue weighted by molar-refractivity contribution is -0.229. The van der Waals surface area contributed by atoms with Crippen LogP contribution in [0.2, 0.25) is 0 Å². The van der Waals surface area contributed by atoms with E-state index in [2.05, 4.69) is 6.58 Å². The van der Waals surface area contributed by atoms with Gasteiger partial charge in [0.15, 0.2) is 0 Å². The molecule has 4 heteroatoms. The Kier molecular flexibility index (Phi) is 3.48. The first kappa shape index (κ1) is 13.9. The van der Waals surface area contributed by atoms with Crippen LogP contribution in [0, 0.1) is 10.8 Å². The van der Waals surface area contributed by atoms with Crippen molar-refractivity contribution in [2.75, 3.05) is 6.54 Å². The fraction of sp³-hybridized carbons (Fsp3) is 0.692. The predicted octanol–water partition coefficient (Wildman–Crippen LogP) is 2.55. The first-order valence-electron chi connectivity index (χ1n) is 5.84. The lowest BCUT2D eigenvalue weighted by Gasteiger charge is -2.51. The molecule has 0 aliphatic carbocycles. The van der Waals surface area contributed by atoms with E-state index in [1.165, 1.54) is 0 Å². The minimum absolute atomic E-state index is 0.319. The third kappa shape index (κ3) is 2.27. The molecular formula is C13H22N2O2. The Morgan fingerprint density at radius 3 is 2.41 bits per heavy atom. The number of rotatable bonds is 2. The Labute approximate surface area is 103 Å². The molecule has 1 saturated heterocycles. The van der Waals surface area contributed by atoms with E-state index < -0.39 is 11.5 Å². The van der Waals surface area contributed by atoms with Gasteiger partial charge in [-0.1, -0.05) is 20.4 Å². The number of carbonyl (C=O) groups is 1. The summed E-state index contributed by atoms with van der Waals surface area (Å²) in [6, 6.07) is 0. The molecule has 0 aromatic rings. The lowest BCUT2D eigenvalue weighted by Crippen LogP contribution is -2.61. The van der Waals surface area contributed by atoms with E-state index in [-0.39, 0.29) is 5.41 Å². The van der Waals surface area contributed by atoms with Crippen LogP contribution in [0.5, 0.6) is 0 Å². The molecule has 1 fully saturated rings.